The maximum Gasteiger partial charge on any atom is 0.122 e. The molecule has 1 aromatic carbocycles. The summed E-state index contributed by atoms with van der Waals surface area (Å²) in [5.74, 6) is 0.867. The van der Waals surface area contributed by atoms with E-state index in [1.807, 2.05) is 18.2 Å². The molecule has 0 fully saturated rings. The Morgan fingerprint density at radius 2 is 2.12 bits per heavy atom. The molecule has 0 radical (unpaired) electrons. The lowest BCUT2D eigenvalue weighted by Gasteiger charge is -2.11. The Labute approximate surface area is 101 Å². The Hall–Kier alpha value is -0.770. The zero-order chi connectivity index (χ0) is 11.8. The SMILES string of the molecule is COCCCOc1ccc(Cl)cc1CCN. The van der Waals surface area contributed by atoms with Gasteiger partial charge in [0.25, 0.3) is 0 Å². The van der Waals surface area contributed by atoms with Crippen LogP contribution in [0, 0.1) is 0 Å². The molecular weight excluding hydrogens is 226 g/mol. The zero-order valence-corrected chi connectivity index (χ0v) is 10.3. The largest absolute Gasteiger partial charge is 0.493 e. The fraction of sp³-hybridized carbons (Fsp3) is 0.500. The van der Waals surface area contributed by atoms with Gasteiger partial charge < -0.3 is 15.2 Å². The van der Waals surface area contributed by atoms with Crippen LogP contribution in [0.1, 0.15) is 12.0 Å². The van der Waals surface area contributed by atoms with E-state index < -0.39 is 0 Å². The van der Waals surface area contributed by atoms with Crippen molar-refractivity contribution < 1.29 is 9.47 Å². The van der Waals surface area contributed by atoms with Crippen molar-refractivity contribution in [2.24, 2.45) is 5.73 Å². The Morgan fingerprint density at radius 3 is 2.81 bits per heavy atom. The Kier molecular flexibility index (Phi) is 6.23. The summed E-state index contributed by atoms with van der Waals surface area (Å²) in [6, 6.07) is 5.62. The van der Waals surface area contributed by atoms with Crippen molar-refractivity contribution in [2.75, 3.05) is 26.9 Å². The van der Waals surface area contributed by atoms with Crippen molar-refractivity contribution in [1.82, 2.24) is 0 Å². The summed E-state index contributed by atoms with van der Waals surface area (Å²) in [7, 11) is 1.68. The Balaban J connectivity index is 2.56. The minimum absolute atomic E-state index is 0.592. The summed E-state index contributed by atoms with van der Waals surface area (Å²) in [4.78, 5) is 0. The summed E-state index contributed by atoms with van der Waals surface area (Å²) >= 11 is 5.92. The van der Waals surface area contributed by atoms with E-state index in [4.69, 9.17) is 26.8 Å². The van der Waals surface area contributed by atoms with Crippen molar-refractivity contribution in [3.63, 3.8) is 0 Å². The summed E-state index contributed by atoms with van der Waals surface area (Å²) < 4.78 is 10.6. The number of rotatable bonds is 7. The summed E-state index contributed by atoms with van der Waals surface area (Å²) in [5.41, 5.74) is 6.60. The van der Waals surface area contributed by atoms with Crippen LogP contribution < -0.4 is 10.5 Å². The first-order valence-corrected chi connectivity index (χ1v) is 5.76. The maximum atomic E-state index is 5.92. The number of benzene rings is 1. The van der Waals surface area contributed by atoms with Gasteiger partial charge in [0.15, 0.2) is 0 Å². The third kappa shape index (κ3) is 4.39. The van der Waals surface area contributed by atoms with Gasteiger partial charge in [0.2, 0.25) is 0 Å². The first-order valence-electron chi connectivity index (χ1n) is 5.38. The number of methoxy groups -OCH3 is 1. The molecule has 2 N–H and O–H groups in total. The summed E-state index contributed by atoms with van der Waals surface area (Å²) in [6.45, 7) is 1.95. The van der Waals surface area contributed by atoms with E-state index in [1.165, 1.54) is 0 Å². The van der Waals surface area contributed by atoms with Crippen LogP contribution in [0.2, 0.25) is 5.02 Å². The molecule has 1 rings (SSSR count). The molecule has 0 aromatic heterocycles. The lowest BCUT2D eigenvalue weighted by molar-refractivity contribution is 0.172. The average molecular weight is 244 g/mol. The molecule has 3 nitrogen and oxygen atoms in total. The van der Waals surface area contributed by atoms with Gasteiger partial charge in [-0.15, -0.1) is 0 Å². The molecule has 1 aromatic rings. The highest BCUT2D eigenvalue weighted by Crippen LogP contribution is 2.23. The molecule has 4 heteroatoms. The molecule has 16 heavy (non-hydrogen) atoms. The highest BCUT2D eigenvalue weighted by molar-refractivity contribution is 6.30. The Bertz CT molecular complexity index is 318. The predicted octanol–water partition coefficient (Wildman–Crippen LogP) is 2.26. The van der Waals surface area contributed by atoms with Gasteiger partial charge in [0.1, 0.15) is 5.75 Å². The summed E-state index contributed by atoms with van der Waals surface area (Å²) in [5, 5.41) is 0.715. The molecule has 0 aliphatic heterocycles. The molecule has 0 unspecified atom stereocenters. The van der Waals surface area contributed by atoms with Crippen LogP contribution in [0.15, 0.2) is 18.2 Å². The van der Waals surface area contributed by atoms with Crippen molar-refractivity contribution in [3.8, 4) is 5.75 Å². The number of halogens is 1. The van der Waals surface area contributed by atoms with Crippen molar-refractivity contribution in [3.05, 3.63) is 28.8 Å². The highest BCUT2D eigenvalue weighted by Gasteiger charge is 2.03. The second kappa shape index (κ2) is 7.49. The minimum atomic E-state index is 0.592. The quantitative estimate of drug-likeness (QED) is 0.748. The molecule has 0 spiro atoms. The summed E-state index contributed by atoms with van der Waals surface area (Å²) in [6.07, 6.45) is 1.65. The van der Waals surface area contributed by atoms with Crippen molar-refractivity contribution in [2.45, 2.75) is 12.8 Å². The molecule has 0 aliphatic carbocycles. The fourth-order valence-electron chi connectivity index (χ4n) is 1.43. The van der Waals surface area contributed by atoms with Gasteiger partial charge in [0, 0.05) is 25.2 Å². The smallest absolute Gasteiger partial charge is 0.122 e. The van der Waals surface area contributed by atoms with Gasteiger partial charge in [0.05, 0.1) is 6.61 Å². The van der Waals surface area contributed by atoms with Gasteiger partial charge in [-0.25, -0.2) is 0 Å². The molecule has 90 valence electrons. The zero-order valence-electron chi connectivity index (χ0n) is 9.54. The molecule has 0 saturated carbocycles. The van der Waals surface area contributed by atoms with Crippen LogP contribution in [0.5, 0.6) is 5.75 Å². The minimum Gasteiger partial charge on any atom is -0.493 e. The molecule has 0 atom stereocenters. The van der Waals surface area contributed by atoms with E-state index in [2.05, 4.69) is 0 Å². The lowest BCUT2D eigenvalue weighted by atomic mass is 10.1. The van der Waals surface area contributed by atoms with Crippen LogP contribution in [-0.4, -0.2) is 26.9 Å². The maximum absolute atomic E-state index is 5.92. The van der Waals surface area contributed by atoms with E-state index in [1.54, 1.807) is 7.11 Å². The highest BCUT2D eigenvalue weighted by atomic mass is 35.5. The predicted molar refractivity (Wildman–Crippen MR) is 66.2 cm³/mol. The molecule has 0 amide bonds. The van der Waals surface area contributed by atoms with Crippen LogP contribution in [-0.2, 0) is 11.2 Å². The van der Waals surface area contributed by atoms with Gasteiger partial charge in [-0.1, -0.05) is 11.6 Å². The van der Waals surface area contributed by atoms with Crippen LogP contribution in [0.25, 0.3) is 0 Å². The third-order valence-electron chi connectivity index (χ3n) is 2.19. The van der Waals surface area contributed by atoms with Gasteiger partial charge >= 0.3 is 0 Å². The third-order valence-corrected chi connectivity index (χ3v) is 2.42. The van der Waals surface area contributed by atoms with Gasteiger partial charge in [-0.05, 0) is 36.7 Å². The molecule has 0 aliphatic rings. The normalized spacial score (nSPS) is 10.4. The van der Waals surface area contributed by atoms with Gasteiger partial charge in [-0.3, -0.25) is 0 Å². The van der Waals surface area contributed by atoms with E-state index in [0.717, 1.165) is 24.2 Å². The van der Waals surface area contributed by atoms with Gasteiger partial charge in [-0.2, -0.15) is 0 Å². The van der Waals surface area contributed by atoms with E-state index in [0.29, 0.717) is 24.8 Å². The second-order valence-corrected chi connectivity index (χ2v) is 3.92. The standard InChI is InChI=1S/C12H18ClNO2/c1-15-7-2-8-16-12-4-3-11(13)9-10(12)5-6-14/h3-4,9H,2,5-8,14H2,1H3. The van der Waals surface area contributed by atoms with E-state index in [-0.39, 0.29) is 0 Å². The number of hydrogen-bond donors (Lipinski definition) is 1. The van der Waals surface area contributed by atoms with Crippen molar-refractivity contribution >= 4 is 11.6 Å². The number of hydrogen-bond acceptors (Lipinski definition) is 3. The average Bonchev–Trinajstić information content (AvgIpc) is 2.27. The molecular formula is C12H18ClNO2. The Morgan fingerprint density at radius 1 is 1.31 bits per heavy atom. The first kappa shape index (κ1) is 13.3. The monoisotopic (exact) mass is 243 g/mol. The van der Waals surface area contributed by atoms with Crippen LogP contribution in [0.3, 0.4) is 0 Å². The van der Waals surface area contributed by atoms with Crippen LogP contribution >= 0.6 is 11.6 Å². The molecule has 0 heterocycles. The van der Waals surface area contributed by atoms with E-state index in [9.17, 15) is 0 Å². The number of ether oxygens (including phenoxy) is 2. The fourth-order valence-corrected chi connectivity index (χ4v) is 1.62. The molecule has 0 saturated heterocycles. The van der Waals surface area contributed by atoms with Crippen molar-refractivity contribution in [1.29, 1.82) is 0 Å². The first-order chi connectivity index (χ1) is 7.77. The van der Waals surface area contributed by atoms with Crippen LogP contribution in [0.4, 0.5) is 0 Å². The lowest BCUT2D eigenvalue weighted by Crippen LogP contribution is -2.07. The molecule has 0 bridgehead atoms. The topological polar surface area (TPSA) is 44.5 Å². The van der Waals surface area contributed by atoms with E-state index >= 15 is 0 Å². The second-order valence-electron chi connectivity index (χ2n) is 3.49. The number of nitrogens with two attached hydrogens (primary N) is 1.